The van der Waals surface area contributed by atoms with Gasteiger partial charge < -0.3 is 15.2 Å². The maximum Gasteiger partial charge on any atom is 0.131 e. The lowest BCUT2D eigenvalue weighted by Gasteiger charge is -2.26. The van der Waals surface area contributed by atoms with E-state index in [1.54, 1.807) is 6.20 Å². The van der Waals surface area contributed by atoms with Crippen LogP contribution < -0.4 is 5.32 Å². The average molecular weight is 237 g/mol. The van der Waals surface area contributed by atoms with E-state index in [4.69, 9.17) is 9.84 Å². The van der Waals surface area contributed by atoms with Gasteiger partial charge >= 0.3 is 0 Å². The molecule has 0 bridgehead atoms. The number of aliphatic hydroxyl groups is 1. The highest BCUT2D eigenvalue weighted by molar-refractivity contribution is 5.43. The molecule has 0 atom stereocenters. The number of morpholine rings is 1. The van der Waals surface area contributed by atoms with Crippen molar-refractivity contribution in [3.8, 4) is 0 Å². The van der Waals surface area contributed by atoms with Crippen LogP contribution in [-0.2, 0) is 11.3 Å². The van der Waals surface area contributed by atoms with E-state index in [1.807, 2.05) is 12.1 Å². The molecule has 2 heterocycles. The van der Waals surface area contributed by atoms with Crippen LogP contribution in [0.25, 0.3) is 0 Å². The number of hydrogen-bond donors (Lipinski definition) is 2. The van der Waals surface area contributed by atoms with Gasteiger partial charge in [-0.2, -0.15) is 0 Å². The summed E-state index contributed by atoms with van der Waals surface area (Å²) in [5.74, 6) is 0.781. The lowest BCUT2D eigenvalue weighted by atomic mass is 10.2. The molecular weight excluding hydrogens is 218 g/mol. The number of hydrogen-bond acceptors (Lipinski definition) is 5. The Morgan fingerprint density at radius 1 is 1.41 bits per heavy atom. The second-order valence-electron chi connectivity index (χ2n) is 4.05. The third kappa shape index (κ3) is 3.66. The van der Waals surface area contributed by atoms with Crippen LogP contribution in [0.2, 0.25) is 0 Å². The Morgan fingerprint density at radius 2 is 2.24 bits per heavy atom. The van der Waals surface area contributed by atoms with Gasteiger partial charge in [0.15, 0.2) is 0 Å². The summed E-state index contributed by atoms with van der Waals surface area (Å²) in [6, 6.07) is 3.71. The van der Waals surface area contributed by atoms with E-state index >= 15 is 0 Å². The number of pyridine rings is 1. The monoisotopic (exact) mass is 237 g/mol. The summed E-state index contributed by atoms with van der Waals surface area (Å²) in [5.41, 5.74) is 0.842. The molecule has 0 saturated carbocycles. The SMILES string of the molecule is OCc1cccnc1NCCN1CCOCC1. The van der Waals surface area contributed by atoms with E-state index in [9.17, 15) is 0 Å². The molecule has 1 aliphatic rings. The van der Waals surface area contributed by atoms with E-state index < -0.39 is 0 Å². The van der Waals surface area contributed by atoms with Crippen LogP contribution in [0.5, 0.6) is 0 Å². The maximum atomic E-state index is 9.16. The quantitative estimate of drug-likeness (QED) is 0.772. The number of aliphatic hydroxyl groups excluding tert-OH is 1. The minimum atomic E-state index is 0.0216. The first-order chi connectivity index (χ1) is 8.40. The molecule has 0 unspecified atom stereocenters. The number of anilines is 1. The normalized spacial score (nSPS) is 17.0. The molecule has 17 heavy (non-hydrogen) atoms. The van der Waals surface area contributed by atoms with Crippen molar-refractivity contribution in [1.29, 1.82) is 0 Å². The molecule has 0 radical (unpaired) electrons. The Labute approximate surface area is 101 Å². The molecule has 2 rings (SSSR count). The van der Waals surface area contributed by atoms with Gasteiger partial charge in [0.25, 0.3) is 0 Å². The van der Waals surface area contributed by atoms with Gasteiger partial charge in [-0.3, -0.25) is 4.90 Å². The topological polar surface area (TPSA) is 57.6 Å². The van der Waals surface area contributed by atoms with Gasteiger partial charge in [-0.1, -0.05) is 6.07 Å². The third-order valence-electron chi connectivity index (χ3n) is 2.89. The highest BCUT2D eigenvalue weighted by atomic mass is 16.5. The minimum Gasteiger partial charge on any atom is -0.392 e. The maximum absolute atomic E-state index is 9.16. The van der Waals surface area contributed by atoms with Crippen LogP contribution in [0.4, 0.5) is 5.82 Å². The summed E-state index contributed by atoms with van der Waals surface area (Å²) in [7, 11) is 0. The summed E-state index contributed by atoms with van der Waals surface area (Å²) in [5, 5.41) is 12.4. The smallest absolute Gasteiger partial charge is 0.131 e. The molecule has 1 fully saturated rings. The Hall–Kier alpha value is -1.17. The number of ether oxygens (including phenoxy) is 1. The lowest BCUT2D eigenvalue weighted by Crippen LogP contribution is -2.39. The first-order valence-corrected chi connectivity index (χ1v) is 5.99. The zero-order valence-electron chi connectivity index (χ0n) is 9.93. The van der Waals surface area contributed by atoms with Crippen LogP contribution in [0.1, 0.15) is 5.56 Å². The van der Waals surface area contributed by atoms with Crippen molar-refractivity contribution < 1.29 is 9.84 Å². The highest BCUT2D eigenvalue weighted by Crippen LogP contribution is 2.10. The fourth-order valence-corrected chi connectivity index (χ4v) is 1.88. The summed E-state index contributed by atoms with van der Waals surface area (Å²) >= 11 is 0. The van der Waals surface area contributed by atoms with Crippen molar-refractivity contribution in [3.05, 3.63) is 23.9 Å². The number of aromatic nitrogens is 1. The van der Waals surface area contributed by atoms with Crippen molar-refractivity contribution in [2.45, 2.75) is 6.61 Å². The Kier molecular flexibility index (Phi) is 4.73. The van der Waals surface area contributed by atoms with Gasteiger partial charge in [0, 0.05) is 37.9 Å². The van der Waals surface area contributed by atoms with Gasteiger partial charge in [0.1, 0.15) is 5.82 Å². The Bertz CT molecular complexity index is 340. The number of nitrogens with one attached hydrogen (secondary N) is 1. The van der Waals surface area contributed by atoms with E-state index in [2.05, 4.69) is 15.2 Å². The summed E-state index contributed by atoms with van der Waals surface area (Å²) in [6.45, 7) is 5.48. The molecule has 94 valence electrons. The summed E-state index contributed by atoms with van der Waals surface area (Å²) in [6.07, 6.45) is 1.73. The fourth-order valence-electron chi connectivity index (χ4n) is 1.88. The lowest BCUT2D eigenvalue weighted by molar-refractivity contribution is 0.0398. The van der Waals surface area contributed by atoms with Crippen LogP contribution in [0.15, 0.2) is 18.3 Å². The van der Waals surface area contributed by atoms with Gasteiger partial charge in [0.2, 0.25) is 0 Å². The van der Waals surface area contributed by atoms with Crippen LogP contribution >= 0.6 is 0 Å². The van der Waals surface area contributed by atoms with E-state index in [0.717, 1.165) is 50.8 Å². The minimum absolute atomic E-state index is 0.0216. The van der Waals surface area contributed by atoms with Gasteiger partial charge in [-0.25, -0.2) is 4.98 Å². The van der Waals surface area contributed by atoms with E-state index in [-0.39, 0.29) is 6.61 Å². The standard InChI is InChI=1S/C12H19N3O2/c16-10-11-2-1-3-13-12(11)14-4-5-15-6-8-17-9-7-15/h1-3,16H,4-10H2,(H,13,14). The van der Waals surface area contributed by atoms with Gasteiger partial charge in [-0.05, 0) is 6.07 Å². The predicted octanol–water partition coefficient (Wildman–Crippen LogP) is 0.318. The molecule has 1 aromatic heterocycles. The van der Waals surface area contributed by atoms with Crippen LogP contribution in [0.3, 0.4) is 0 Å². The predicted molar refractivity (Wildman–Crippen MR) is 65.9 cm³/mol. The van der Waals surface area contributed by atoms with Crippen molar-refractivity contribution >= 4 is 5.82 Å². The van der Waals surface area contributed by atoms with Gasteiger partial charge in [0.05, 0.1) is 19.8 Å². The molecule has 1 aliphatic heterocycles. The first kappa shape index (κ1) is 12.3. The average Bonchev–Trinajstić information content (AvgIpc) is 2.40. The molecular formula is C12H19N3O2. The molecule has 0 amide bonds. The zero-order valence-corrected chi connectivity index (χ0v) is 9.93. The van der Waals surface area contributed by atoms with Gasteiger partial charge in [-0.15, -0.1) is 0 Å². The highest BCUT2D eigenvalue weighted by Gasteiger charge is 2.09. The summed E-state index contributed by atoms with van der Waals surface area (Å²) in [4.78, 5) is 6.58. The largest absolute Gasteiger partial charge is 0.392 e. The fraction of sp³-hybridized carbons (Fsp3) is 0.583. The summed E-state index contributed by atoms with van der Waals surface area (Å²) < 4.78 is 5.29. The van der Waals surface area contributed by atoms with Crippen LogP contribution in [0, 0.1) is 0 Å². The van der Waals surface area contributed by atoms with Crippen molar-refractivity contribution in [2.75, 3.05) is 44.7 Å². The van der Waals surface area contributed by atoms with E-state index in [1.165, 1.54) is 0 Å². The Balaban J connectivity index is 1.77. The van der Waals surface area contributed by atoms with Crippen molar-refractivity contribution in [2.24, 2.45) is 0 Å². The molecule has 5 nitrogen and oxygen atoms in total. The van der Waals surface area contributed by atoms with Crippen molar-refractivity contribution in [3.63, 3.8) is 0 Å². The second kappa shape index (κ2) is 6.54. The molecule has 2 N–H and O–H groups in total. The number of nitrogens with zero attached hydrogens (tertiary/aromatic N) is 2. The first-order valence-electron chi connectivity index (χ1n) is 5.99. The Morgan fingerprint density at radius 3 is 3.00 bits per heavy atom. The van der Waals surface area contributed by atoms with Crippen LogP contribution in [-0.4, -0.2) is 54.4 Å². The molecule has 0 aliphatic carbocycles. The molecule has 0 spiro atoms. The molecule has 5 heteroatoms. The molecule has 0 aromatic carbocycles. The third-order valence-corrected chi connectivity index (χ3v) is 2.89. The molecule has 1 aromatic rings. The number of rotatable bonds is 5. The van der Waals surface area contributed by atoms with Crippen molar-refractivity contribution in [1.82, 2.24) is 9.88 Å². The second-order valence-corrected chi connectivity index (χ2v) is 4.05. The van der Waals surface area contributed by atoms with E-state index in [0.29, 0.717) is 0 Å². The molecule has 1 saturated heterocycles. The zero-order chi connectivity index (χ0) is 11.9.